The van der Waals surface area contributed by atoms with Crippen molar-refractivity contribution in [3.63, 3.8) is 0 Å². The minimum absolute atomic E-state index is 0.0262. The summed E-state index contributed by atoms with van der Waals surface area (Å²) in [6, 6.07) is 5.93. The van der Waals surface area contributed by atoms with E-state index in [9.17, 15) is 26.4 Å². The molecule has 14 heteroatoms. The largest absolute Gasteiger partial charge is 0.465 e. The average Bonchev–Trinajstić information content (AvgIpc) is 3.22. The fourth-order valence-corrected chi connectivity index (χ4v) is 4.37. The number of nitrogens with zero attached hydrogens (tertiary/aromatic N) is 2. The Balaban J connectivity index is 2.03. The SMILES string of the molecule is COC(=O)c1ccc(C2=NOC(c3cc(Cl)cc(Cl)c3)(C(F)(F)F)C2)nc1C#CC(C)OS(C)(=O)=O. The lowest BCUT2D eigenvalue weighted by Crippen LogP contribution is -2.42. The quantitative estimate of drug-likeness (QED) is 0.299. The van der Waals surface area contributed by atoms with Gasteiger partial charge in [-0.05, 0) is 43.2 Å². The molecule has 2 unspecified atom stereocenters. The van der Waals surface area contributed by atoms with Gasteiger partial charge in [0.2, 0.25) is 0 Å². The molecule has 3 rings (SSSR count). The summed E-state index contributed by atoms with van der Waals surface area (Å²) in [5, 5.41) is 3.57. The Kier molecular flexibility index (Phi) is 7.90. The first-order chi connectivity index (χ1) is 16.6. The molecule has 0 radical (unpaired) electrons. The van der Waals surface area contributed by atoms with E-state index in [1.807, 2.05) is 0 Å². The van der Waals surface area contributed by atoms with Crippen molar-refractivity contribution in [2.24, 2.45) is 5.16 Å². The topological polar surface area (TPSA) is 104 Å². The van der Waals surface area contributed by atoms with E-state index in [-0.39, 0.29) is 38.3 Å². The summed E-state index contributed by atoms with van der Waals surface area (Å²) in [4.78, 5) is 21.2. The van der Waals surface area contributed by atoms with E-state index in [4.69, 9.17) is 32.2 Å². The van der Waals surface area contributed by atoms with Crippen LogP contribution in [0.3, 0.4) is 0 Å². The number of carbonyl (C=O) groups is 1. The highest BCUT2D eigenvalue weighted by molar-refractivity contribution is 7.86. The number of alkyl halides is 3. The molecule has 2 aromatic rings. The number of hydrogen-bond donors (Lipinski definition) is 0. The zero-order chi connectivity index (χ0) is 26.9. The number of rotatable bonds is 5. The van der Waals surface area contributed by atoms with E-state index in [0.29, 0.717) is 0 Å². The Morgan fingerprint density at radius 3 is 2.42 bits per heavy atom. The maximum Gasteiger partial charge on any atom is 0.435 e. The Morgan fingerprint density at radius 2 is 1.86 bits per heavy atom. The number of ether oxygens (including phenoxy) is 1. The van der Waals surface area contributed by atoms with Gasteiger partial charge < -0.3 is 9.57 Å². The van der Waals surface area contributed by atoms with Crippen molar-refractivity contribution >= 4 is 45.0 Å². The fourth-order valence-electron chi connectivity index (χ4n) is 3.27. The normalized spacial score (nSPS) is 18.5. The molecule has 1 aliphatic heterocycles. The van der Waals surface area contributed by atoms with Gasteiger partial charge in [0.25, 0.3) is 15.7 Å². The lowest BCUT2D eigenvalue weighted by atomic mass is 9.87. The van der Waals surface area contributed by atoms with Crippen LogP contribution in [0, 0.1) is 11.8 Å². The average molecular weight is 565 g/mol. The lowest BCUT2D eigenvalue weighted by Gasteiger charge is -2.29. The molecule has 0 saturated heterocycles. The summed E-state index contributed by atoms with van der Waals surface area (Å²) in [5.74, 6) is 4.16. The molecule has 1 aromatic carbocycles. The standard InChI is InChI=1S/C22H17Cl2F3N2O6S/c1-12(34-36(3,31)32)4-6-17-16(20(30)33-2)5-7-18(28-17)19-11-21(35-29-19,22(25,26)27)13-8-14(23)10-15(24)9-13/h5,7-10,12H,11H2,1-3H3. The van der Waals surface area contributed by atoms with Gasteiger partial charge >= 0.3 is 12.1 Å². The molecule has 2 atom stereocenters. The van der Waals surface area contributed by atoms with Crippen molar-refractivity contribution in [2.75, 3.05) is 13.4 Å². The number of halogens is 5. The van der Waals surface area contributed by atoms with Gasteiger partial charge in [0.1, 0.15) is 17.5 Å². The van der Waals surface area contributed by atoms with Crippen LogP contribution >= 0.6 is 23.2 Å². The minimum Gasteiger partial charge on any atom is -0.465 e. The summed E-state index contributed by atoms with van der Waals surface area (Å²) in [6.07, 6.45) is -5.96. The molecule has 1 aliphatic rings. The maximum atomic E-state index is 14.2. The van der Waals surface area contributed by atoms with Crippen molar-refractivity contribution in [2.45, 2.75) is 31.2 Å². The summed E-state index contributed by atoms with van der Waals surface area (Å²) in [5.41, 5.74) is -3.80. The van der Waals surface area contributed by atoms with Gasteiger partial charge in [-0.3, -0.25) is 4.18 Å². The maximum absolute atomic E-state index is 14.2. The van der Waals surface area contributed by atoms with Crippen LogP contribution in [-0.4, -0.2) is 50.7 Å². The molecule has 0 saturated carbocycles. The van der Waals surface area contributed by atoms with Gasteiger partial charge in [0.15, 0.2) is 0 Å². The predicted molar refractivity (Wildman–Crippen MR) is 124 cm³/mol. The highest BCUT2D eigenvalue weighted by Crippen LogP contribution is 2.49. The van der Waals surface area contributed by atoms with E-state index in [1.54, 1.807) is 0 Å². The number of oxime groups is 1. The first kappa shape index (κ1) is 27.7. The summed E-state index contributed by atoms with van der Waals surface area (Å²) >= 11 is 11.8. The summed E-state index contributed by atoms with van der Waals surface area (Å²) < 4.78 is 74.7. The van der Waals surface area contributed by atoms with Gasteiger partial charge in [0.05, 0.1) is 31.0 Å². The molecule has 1 aromatic heterocycles. The fraction of sp³-hybridized carbons (Fsp3) is 0.318. The van der Waals surface area contributed by atoms with E-state index >= 15 is 0 Å². The van der Waals surface area contributed by atoms with Crippen molar-refractivity contribution in [3.05, 3.63) is 62.9 Å². The first-order valence-electron chi connectivity index (χ1n) is 9.93. The van der Waals surface area contributed by atoms with Gasteiger partial charge in [-0.1, -0.05) is 34.3 Å². The van der Waals surface area contributed by atoms with Crippen LogP contribution < -0.4 is 0 Å². The number of pyridine rings is 1. The monoisotopic (exact) mass is 564 g/mol. The van der Waals surface area contributed by atoms with Crippen LogP contribution in [0.15, 0.2) is 35.5 Å². The minimum atomic E-state index is -4.92. The molecule has 0 N–H and O–H groups in total. The Morgan fingerprint density at radius 1 is 1.22 bits per heavy atom. The van der Waals surface area contributed by atoms with E-state index < -0.39 is 40.4 Å². The second kappa shape index (κ2) is 10.3. The van der Waals surface area contributed by atoms with E-state index in [2.05, 4.69) is 26.7 Å². The lowest BCUT2D eigenvalue weighted by molar-refractivity contribution is -0.275. The second-order valence-corrected chi connectivity index (χ2v) is 10.1. The van der Waals surface area contributed by atoms with Crippen LogP contribution in [0.4, 0.5) is 13.2 Å². The van der Waals surface area contributed by atoms with Crippen molar-refractivity contribution in [3.8, 4) is 11.8 Å². The number of hydrogen-bond acceptors (Lipinski definition) is 8. The van der Waals surface area contributed by atoms with Gasteiger partial charge in [-0.2, -0.15) is 21.6 Å². The molecule has 192 valence electrons. The zero-order valence-electron chi connectivity index (χ0n) is 18.8. The number of aromatic nitrogens is 1. The number of carbonyl (C=O) groups excluding carboxylic acids is 1. The van der Waals surface area contributed by atoms with Gasteiger partial charge in [0, 0.05) is 15.6 Å². The third-order valence-electron chi connectivity index (χ3n) is 4.82. The highest BCUT2D eigenvalue weighted by Gasteiger charge is 2.62. The van der Waals surface area contributed by atoms with E-state index in [0.717, 1.165) is 25.5 Å². The zero-order valence-corrected chi connectivity index (χ0v) is 21.1. The molecule has 0 aliphatic carbocycles. The Hall–Kier alpha value is -2.85. The Labute approximate surface area is 214 Å². The third kappa shape index (κ3) is 6.10. The van der Waals surface area contributed by atoms with Crippen molar-refractivity contribution < 1.29 is 40.1 Å². The van der Waals surface area contributed by atoms with Gasteiger partial charge in [-0.15, -0.1) is 0 Å². The molecule has 0 amide bonds. The molecular formula is C22H17Cl2F3N2O6S. The number of methoxy groups -OCH3 is 1. The number of benzene rings is 1. The smallest absolute Gasteiger partial charge is 0.435 e. The predicted octanol–water partition coefficient (Wildman–Crippen LogP) is 4.47. The summed E-state index contributed by atoms with van der Waals surface area (Å²) in [6.45, 7) is 1.35. The molecule has 0 spiro atoms. The Bertz CT molecular complexity index is 1380. The van der Waals surface area contributed by atoms with Crippen LogP contribution in [0.1, 0.15) is 40.7 Å². The number of esters is 1. The molecule has 0 bridgehead atoms. The van der Waals surface area contributed by atoms with Crippen LogP contribution in [-0.2, 0) is 29.5 Å². The second-order valence-electron chi connectivity index (χ2n) is 7.59. The van der Waals surface area contributed by atoms with E-state index in [1.165, 1.54) is 25.1 Å². The van der Waals surface area contributed by atoms with Crippen LogP contribution in [0.5, 0.6) is 0 Å². The molecule has 8 nitrogen and oxygen atoms in total. The van der Waals surface area contributed by atoms with Crippen LogP contribution in [0.25, 0.3) is 0 Å². The molecule has 0 fully saturated rings. The molecule has 36 heavy (non-hydrogen) atoms. The van der Waals surface area contributed by atoms with Crippen molar-refractivity contribution in [1.82, 2.24) is 4.98 Å². The van der Waals surface area contributed by atoms with Crippen molar-refractivity contribution in [1.29, 1.82) is 0 Å². The van der Waals surface area contributed by atoms with Gasteiger partial charge in [-0.25, -0.2) is 9.78 Å². The molecule has 2 heterocycles. The third-order valence-corrected chi connectivity index (χ3v) is 5.90. The first-order valence-corrected chi connectivity index (χ1v) is 12.5. The molecular weight excluding hydrogens is 548 g/mol. The van der Waals surface area contributed by atoms with Crippen LogP contribution in [0.2, 0.25) is 10.0 Å². The highest BCUT2D eigenvalue weighted by atomic mass is 35.5. The summed E-state index contributed by atoms with van der Waals surface area (Å²) in [7, 11) is -2.70.